The summed E-state index contributed by atoms with van der Waals surface area (Å²) in [7, 11) is 1.26. The molecule has 0 bridgehead atoms. The van der Waals surface area contributed by atoms with Crippen molar-refractivity contribution >= 4 is 17.8 Å². The number of unbranched alkanes of at least 4 members (excludes halogenated alkanes) is 4. The monoisotopic (exact) mass is 366 g/mol. The van der Waals surface area contributed by atoms with Gasteiger partial charge in [-0.05, 0) is 13.3 Å². The molecule has 146 valence electrons. The normalized spacial score (nSPS) is 12.9. The number of hydrogen-bond acceptors (Lipinski definition) is 5. The van der Waals surface area contributed by atoms with Crippen molar-refractivity contribution in [3.63, 3.8) is 0 Å². The molecule has 1 aromatic rings. The highest BCUT2D eigenvalue weighted by molar-refractivity contribution is 5.90. The van der Waals surface area contributed by atoms with Crippen LogP contribution in [0.2, 0.25) is 0 Å². The van der Waals surface area contributed by atoms with Gasteiger partial charge >= 0.3 is 5.97 Å². The van der Waals surface area contributed by atoms with Crippen molar-refractivity contribution in [1.82, 2.24) is 20.6 Å². The lowest BCUT2D eigenvalue weighted by Gasteiger charge is -2.20. The molecule has 0 unspecified atom stereocenters. The Morgan fingerprint density at radius 2 is 1.92 bits per heavy atom. The average molecular weight is 366 g/mol. The highest BCUT2D eigenvalue weighted by atomic mass is 16.5. The number of amides is 2. The molecule has 0 aliphatic rings. The summed E-state index contributed by atoms with van der Waals surface area (Å²) < 4.78 is 4.61. The van der Waals surface area contributed by atoms with E-state index in [-0.39, 0.29) is 12.3 Å². The first kappa shape index (κ1) is 21.7. The zero-order valence-corrected chi connectivity index (χ0v) is 15.8. The summed E-state index contributed by atoms with van der Waals surface area (Å²) in [6, 6.07) is -1.58. The second-order valence-corrected chi connectivity index (χ2v) is 6.32. The predicted molar refractivity (Wildman–Crippen MR) is 97.2 cm³/mol. The van der Waals surface area contributed by atoms with Crippen molar-refractivity contribution in [3.05, 3.63) is 18.2 Å². The smallest absolute Gasteiger partial charge is 0.328 e. The molecule has 2 amide bonds. The molecule has 2 atom stereocenters. The molecular weight excluding hydrogens is 336 g/mol. The number of imidazole rings is 1. The van der Waals surface area contributed by atoms with Crippen molar-refractivity contribution in [2.75, 3.05) is 7.11 Å². The first-order valence-corrected chi connectivity index (χ1v) is 9.12. The first-order valence-electron chi connectivity index (χ1n) is 9.12. The van der Waals surface area contributed by atoms with E-state index in [4.69, 9.17) is 0 Å². The van der Waals surface area contributed by atoms with Gasteiger partial charge in [-0.15, -0.1) is 0 Å². The van der Waals surface area contributed by atoms with Crippen LogP contribution in [0.25, 0.3) is 0 Å². The van der Waals surface area contributed by atoms with Crippen molar-refractivity contribution in [2.24, 2.45) is 0 Å². The van der Waals surface area contributed by atoms with Gasteiger partial charge in [0.05, 0.1) is 13.4 Å². The Balaban J connectivity index is 2.59. The van der Waals surface area contributed by atoms with Gasteiger partial charge in [-0.3, -0.25) is 9.59 Å². The lowest BCUT2D eigenvalue weighted by molar-refractivity contribution is -0.144. The Morgan fingerprint density at radius 3 is 2.54 bits per heavy atom. The van der Waals surface area contributed by atoms with Gasteiger partial charge in [0, 0.05) is 24.7 Å². The van der Waals surface area contributed by atoms with E-state index in [0.29, 0.717) is 6.42 Å². The van der Waals surface area contributed by atoms with Gasteiger partial charge < -0.3 is 20.4 Å². The van der Waals surface area contributed by atoms with E-state index in [1.54, 1.807) is 6.20 Å². The molecular formula is C18H30N4O4. The highest BCUT2D eigenvalue weighted by Crippen LogP contribution is 2.06. The van der Waals surface area contributed by atoms with Gasteiger partial charge in [0.2, 0.25) is 11.8 Å². The number of carbonyl (C=O) groups excluding carboxylic acids is 3. The van der Waals surface area contributed by atoms with Gasteiger partial charge in [0.15, 0.2) is 0 Å². The zero-order valence-electron chi connectivity index (χ0n) is 15.8. The maximum atomic E-state index is 12.5. The van der Waals surface area contributed by atoms with Crippen LogP contribution in [0.5, 0.6) is 0 Å². The number of nitrogens with one attached hydrogen (secondary N) is 3. The van der Waals surface area contributed by atoms with E-state index in [0.717, 1.165) is 37.8 Å². The third-order valence-electron chi connectivity index (χ3n) is 4.05. The summed E-state index contributed by atoms with van der Waals surface area (Å²) >= 11 is 0. The number of aromatic amines is 1. The minimum atomic E-state index is -0.789. The van der Waals surface area contributed by atoms with Gasteiger partial charge in [0.25, 0.3) is 0 Å². The SMILES string of the molecule is CCCCCCCC(=O)N[C@H](Cc1cnc[nH]1)C(=O)N[C@@H](C)C(=O)OC. The van der Waals surface area contributed by atoms with E-state index in [1.165, 1.54) is 20.4 Å². The summed E-state index contributed by atoms with van der Waals surface area (Å²) in [5.74, 6) is -1.15. The second kappa shape index (κ2) is 12.1. The Morgan fingerprint density at radius 1 is 1.19 bits per heavy atom. The minimum Gasteiger partial charge on any atom is -0.467 e. The largest absolute Gasteiger partial charge is 0.467 e. The quantitative estimate of drug-likeness (QED) is 0.383. The number of aromatic nitrogens is 2. The van der Waals surface area contributed by atoms with Gasteiger partial charge in [0.1, 0.15) is 12.1 Å². The van der Waals surface area contributed by atoms with Crippen LogP contribution in [0.15, 0.2) is 12.5 Å². The molecule has 0 saturated heterocycles. The average Bonchev–Trinajstić information content (AvgIpc) is 3.13. The predicted octanol–water partition coefficient (Wildman–Crippen LogP) is 1.48. The molecule has 3 N–H and O–H groups in total. The van der Waals surface area contributed by atoms with Crippen LogP contribution in [0.1, 0.15) is 58.1 Å². The maximum Gasteiger partial charge on any atom is 0.328 e. The lowest BCUT2D eigenvalue weighted by atomic mass is 10.1. The number of carbonyl (C=O) groups is 3. The fourth-order valence-electron chi connectivity index (χ4n) is 2.53. The summed E-state index contributed by atoms with van der Waals surface area (Å²) in [6.45, 7) is 3.67. The van der Waals surface area contributed by atoms with E-state index in [9.17, 15) is 14.4 Å². The second-order valence-electron chi connectivity index (χ2n) is 6.32. The number of H-pyrrole nitrogens is 1. The summed E-state index contributed by atoms with van der Waals surface area (Å²) in [5, 5.41) is 5.33. The molecule has 0 fully saturated rings. The van der Waals surface area contributed by atoms with Crippen molar-refractivity contribution < 1.29 is 19.1 Å². The molecule has 26 heavy (non-hydrogen) atoms. The van der Waals surface area contributed by atoms with Crippen molar-refractivity contribution in [3.8, 4) is 0 Å². The molecule has 0 saturated carbocycles. The zero-order chi connectivity index (χ0) is 19.4. The van der Waals surface area contributed by atoms with Crippen molar-refractivity contribution in [2.45, 2.75) is 70.9 Å². The molecule has 1 rings (SSSR count). The molecule has 0 spiro atoms. The minimum absolute atomic E-state index is 0.174. The number of esters is 1. The van der Waals surface area contributed by atoms with E-state index in [2.05, 4.69) is 32.3 Å². The Labute approximate surface area is 154 Å². The number of hydrogen-bond donors (Lipinski definition) is 3. The molecule has 0 aromatic carbocycles. The molecule has 1 heterocycles. The molecule has 8 heteroatoms. The topological polar surface area (TPSA) is 113 Å². The summed E-state index contributed by atoms with van der Waals surface area (Å²) in [5.41, 5.74) is 0.721. The van der Waals surface area contributed by atoms with Crippen LogP contribution in [0.4, 0.5) is 0 Å². The van der Waals surface area contributed by atoms with Crippen LogP contribution in [0.3, 0.4) is 0 Å². The van der Waals surface area contributed by atoms with Crippen LogP contribution >= 0.6 is 0 Å². The summed E-state index contributed by atoms with van der Waals surface area (Å²) in [4.78, 5) is 43.0. The Bertz CT molecular complexity index is 560. The standard InChI is InChI=1S/C18H30N4O4/c1-4-5-6-7-8-9-16(23)22-15(10-14-11-19-12-20-14)17(24)21-13(2)18(25)26-3/h11-13,15H,4-10H2,1-3H3,(H,19,20)(H,21,24)(H,22,23)/t13-,15+/m0/s1. The number of nitrogens with zero attached hydrogens (tertiary/aromatic N) is 1. The van der Waals surface area contributed by atoms with Crippen LogP contribution in [0, 0.1) is 0 Å². The lowest BCUT2D eigenvalue weighted by Crippen LogP contribution is -2.51. The van der Waals surface area contributed by atoms with E-state index >= 15 is 0 Å². The van der Waals surface area contributed by atoms with Crippen LogP contribution in [-0.4, -0.2) is 46.9 Å². The van der Waals surface area contributed by atoms with E-state index in [1.807, 2.05) is 0 Å². The molecule has 1 aromatic heterocycles. The van der Waals surface area contributed by atoms with Crippen LogP contribution in [-0.2, 0) is 25.5 Å². The van der Waals surface area contributed by atoms with Gasteiger partial charge in [-0.25, -0.2) is 9.78 Å². The fourth-order valence-corrected chi connectivity index (χ4v) is 2.53. The fraction of sp³-hybridized carbons (Fsp3) is 0.667. The Kier molecular flexibility index (Phi) is 10.0. The molecule has 0 aliphatic carbocycles. The molecule has 8 nitrogen and oxygen atoms in total. The highest BCUT2D eigenvalue weighted by Gasteiger charge is 2.25. The number of ether oxygens (including phenoxy) is 1. The third kappa shape index (κ3) is 8.13. The Hall–Kier alpha value is -2.38. The van der Waals surface area contributed by atoms with Crippen molar-refractivity contribution in [1.29, 1.82) is 0 Å². The molecule has 0 aliphatic heterocycles. The first-order chi connectivity index (χ1) is 12.5. The number of rotatable bonds is 12. The van der Waals surface area contributed by atoms with Crippen LogP contribution < -0.4 is 10.6 Å². The molecule has 0 radical (unpaired) electrons. The number of methoxy groups -OCH3 is 1. The van der Waals surface area contributed by atoms with Gasteiger partial charge in [-0.2, -0.15) is 0 Å². The maximum absolute atomic E-state index is 12.5. The van der Waals surface area contributed by atoms with E-state index < -0.39 is 24.0 Å². The third-order valence-corrected chi connectivity index (χ3v) is 4.05. The van der Waals surface area contributed by atoms with Gasteiger partial charge in [-0.1, -0.05) is 32.6 Å². The summed E-state index contributed by atoms with van der Waals surface area (Å²) in [6.07, 6.45) is 8.97.